The van der Waals surface area contributed by atoms with Crippen LogP contribution in [0.15, 0.2) is 0 Å². The highest BCUT2D eigenvalue weighted by molar-refractivity contribution is 6.64. The van der Waals surface area contributed by atoms with Gasteiger partial charge in [-0.05, 0) is 33.9 Å². The Morgan fingerprint density at radius 2 is 1.77 bits per heavy atom. The Kier molecular flexibility index (Phi) is 6.58. The van der Waals surface area contributed by atoms with Gasteiger partial charge in [-0.1, -0.05) is 0 Å². The van der Waals surface area contributed by atoms with Crippen LogP contribution >= 0.6 is 0 Å². The van der Waals surface area contributed by atoms with Crippen LogP contribution in [0.1, 0.15) is 20.8 Å². The van der Waals surface area contributed by atoms with Gasteiger partial charge in [0.1, 0.15) is 0 Å². The largest absolute Gasteiger partial charge is 0.395 e. The van der Waals surface area contributed by atoms with Crippen molar-refractivity contribution in [1.82, 2.24) is 0 Å². The second kappa shape index (κ2) is 6.54. The summed E-state index contributed by atoms with van der Waals surface area (Å²) in [6.07, 6.45) is 0.133. The summed E-state index contributed by atoms with van der Waals surface area (Å²) in [6, 6.07) is 0. The molecule has 0 aromatic heterocycles. The summed E-state index contributed by atoms with van der Waals surface area (Å²) in [4.78, 5) is 0. The molecule has 13 heavy (non-hydrogen) atoms. The molecule has 0 saturated heterocycles. The normalized spacial score (nSPS) is 14.5. The van der Waals surface area contributed by atoms with Crippen molar-refractivity contribution < 1.29 is 13.6 Å². The van der Waals surface area contributed by atoms with Gasteiger partial charge in [0.2, 0.25) is 0 Å². The number of hydrogen-bond acceptors (Lipinski definition) is 3. The first-order valence-corrected chi connectivity index (χ1v) is 7.73. The molecular weight excluding hydrogens is 184 g/mol. The topological polar surface area (TPSA) is 27.7 Å². The van der Waals surface area contributed by atoms with Crippen LogP contribution in [-0.2, 0) is 13.6 Å². The molecule has 0 fully saturated rings. The van der Waals surface area contributed by atoms with Crippen molar-refractivity contribution in [1.29, 1.82) is 0 Å². The van der Waals surface area contributed by atoms with Crippen LogP contribution in [-0.4, -0.2) is 34.5 Å². The minimum Gasteiger partial charge on any atom is -0.395 e. The average molecular weight is 206 g/mol. The summed E-state index contributed by atoms with van der Waals surface area (Å²) >= 11 is 0. The lowest BCUT2D eigenvalue weighted by atomic mass is 10.4. The lowest BCUT2D eigenvalue weighted by molar-refractivity contribution is 0.0427. The average Bonchev–Trinajstić information content (AvgIpc) is 1.99. The van der Waals surface area contributed by atoms with E-state index >= 15 is 0 Å². The summed E-state index contributed by atoms with van der Waals surface area (Å²) in [7, 11) is -1.90. The molecule has 0 aromatic carbocycles. The first-order valence-electron chi connectivity index (χ1n) is 4.91. The zero-order valence-corrected chi connectivity index (χ0v) is 10.4. The molecule has 0 heterocycles. The van der Waals surface area contributed by atoms with Crippen LogP contribution in [0.2, 0.25) is 13.1 Å². The standard InChI is InChI=1S/C9H22O3Si/c1-6-10-8-9(3)12-13(4,5)11-7-2/h9H,6-8H2,1-5H3. The predicted molar refractivity (Wildman–Crippen MR) is 56.1 cm³/mol. The van der Waals surface area contributed by atoms with Gasteiger partial charge >= 0.3 is 8.56 Å². The Hall–Kier alpha value is 0.0969. The molecule has 0 radical (unpaired) electrons. The van der Waals surface area contributed by atoms with Crippen molar-refractivity contribution in [3.05, 3.63) is 0 Å². The molecule has 0 N–H and O–H groups in total. The van der Waals surface area contributed by atoms with Crippen LogP contribution < -0.4 is 0 Å². The lowest BCUT2D eigenvalue weighted by Gasteiger charge is -2.26. The van der Waals surface area contributed by atoms with Crippen LogP contribution in [0.4, 0.5) is 0 Å². The fourth-order valence-electron chi connectivity index (χ4n) is 1.18. The van der Waals surface area contributed by atoms with Gasteiger partial charge in [-0.25, -0.2) is 0 Å². The summed E-state index contributed by atoms with van der Waals surface area (Å²) in [6.45, 7) is 12.2. The summed E-state index contributed by atoms with van der Waals surface area (Å²) in [5.74, 6) is 0. The van der Waals surface area contributed by atoms with E-state index in [0.29, 0.717) is 6.61 Å². The van der Waals surface area contributed by atoms with E-state index in [9.17, 15) is 0 Å². The Balaban J connectivity index is 3.68. The summed E-state index contributed by atoms with van der Waals surface area (Å²) in [5.41, 5.74) is 0. The monoisotopic (exact) mass is 206 g/mol. The van der Waals surface area contributed by atoms with Crippen molar-refractivity contribution in [3.63, 3.8) is 0 Å². The molecule has 0 rings (SSSR count). The van der Waals surface area contributed by atoms with Crippen LogP contribution in [0.3, 0.4) is 0 Å². The molecule has 0 amide bonds. The fraction of sp³-hybridized carbons (Fsp3) is 1.00. The first-order chi connectivity index (χ1) is 6.02. The van der Waals surface area contributed by atoms with E-state index in [1.54, 1.807) is 0 Å². The van der Waals surface area contributed by atoms with E-state index in [2.05, 4.69) is 13.1 Å². The van der Waals surface area contributed by atoms with Gasteiger partial charge < -0.3 is 13.6 Å². The predicted octanol–water partition coefficient (Wildman–Crippen LogP) is 2.17. The smallest absolute Gasteiger partial charge is 0.332 e. The fourth-order valence-corrected chi connectivity index (χ4v) is 2.98. The van der Waals surface area contributed by atoms with Crippen LogP contribution in [0.5, 0.6) is 0 Å². The molecule has 1 unspecified atom stereocenters. The van der Waals surface area contributed by atoms with E-state index in [1.807, 2.05) is 20.8 Å². The quantitative estimate of drug-likeness (QED) is 0.597. The van der Waals surface area contributed by atoms with E-state index < -0.39 is 8.56 Å². The van der Waals surface area contributed by atoms with Crippen molar-refractivity contribution in [2.24, 2.45) is 0 Å². The highest BCUT2D eigenvalue weighted by atomic mass is 28.4. The molecule has 0 spiro atoms. The number of hydrogen-bond donors (Lipinski definition) is 0. The van der Waals surface area contributed by atoms with Gasteiger partial charge in [0.05, 0.1) is 12.7 Å². The van der Waals surface area contributed by atoms with E-state index in [-0.39, 0.29) is 6.10 Å². The van der Waals surface area contributed by atoms with Gasteiger partial charge in [-0.15, -0.1) is 0 Å². The SMILES string of the molecule is CCOCC(C)O[Si](C)(C)OCC. The summed E-state index contributed by atoms with van der Waals surface area (Å²) < 4.78 is 16.6. The minimum absolute atomic E-state index is 0.133. The third-order valence-electron chi connectivity index (χ3n) is 1.53. The maximum Gasteiger partial charge on any atom is 0.332 e. The summed E-state index contributed by atoms with van der Waals surface area (Å²) in [5, 5.41) is 0. The zero-order valence-electron chi connectivity index (χ0n) is 9.42. The third-order valence-corrected chi connectivity index (χ3v) is 3.49. The molecule has 3 nitrogen and oxygen atoms in total. The second-order valence-corrected chi connectivity index (χ2v) is 6.74. The molecule has 0 saturated carbocycles. The maximum absolute atomic E-state index is 5.77. The third kappa shape index (κ3) is 7.19. The number of rotatable bonds is 7. The van der Waals surface area contributed by atoms with E-state index in [1.165, 1.54) is 0 Å². The Labute approximate surface area is 82.6 Å². The first kappa shape index (κ1) is 13.1. The van der Waals surface area contributed by atoms with Crippen molar-refractivity contribution in [3.8, 4) is 0 Å². The lowest BCUT2D eigenvalue weighted by Crippen LogP contribution is -2.39. The molecule has 80 valence electrons. The Morgan fingerprint density at radius 3 is 2.23 bits per heavy atom. The molecule has 0 aliphatic heterocycles. The van der Waals surface area contributed by atoms with Crippen molar-refractivity contribution in [2.45, 2.75) is 40.0 Å². The Morgan fingerprint density at radius 1 is 1.15 bits per heavy atom. The highest BCUT2D eigenvalue weighted by Gasteiger charge is 2.26. The van der Waals surface area contributed by atoms with Gasteiger partial charge in [0.15, 0.2) is 0 Å². The zero-order chi connectivity index (χ0) is 10.3. The molecule has 0 aromatic rings. The molecule has 4 heteroatoms. The molecule has 0 bridgehead atoms. The molecule has 1 atom stereocenters. The van der Waals surface area contributed by atoms with E-state index in [4.69, 9.17) is 13.6 Å². The second-order valence-electron chi connectivity index (χ2n) is 3.42. The minimum atomic E-state index is -1.90. The van der Waals surface area contributed by atoms with Crippen molar-refractivity contribution in [2.75, 3.05) is 19.8 Å². The number of ether oxygens (including phenoxy) is 1. The Bertz CT molecular complexity index is 128. The van der Waals surface area contributed by atoms with Gasteiger partial charge in [-0.2, -0.15) is 0 Å². The van der Waals surface area contributed by atoms with Crippen LogP contribution in [0, 0.1) is 0 Å². The maximum atomic E-state index is 5.77. The van der Waals surface area contributed by atoms with Crippen LogP contribution in [0.25, 0.3) is 0 Å². The molecule has 0 aliphatic carbocycles. The van der Waals surface area contributed by atoms with Crippen molar-refractivity contribution >= 4 is 8.56 Å². The van der Waals surface area contributed by atoms with Gasteiger partial charge in [0.25, 0.3) is 0 Å². The molecular formula is C9H22O3Si. The van der Waals surface area contributed by atoms with Gasteiger partial charge in [-0.3, -0.25) is 0 Å². The molecule has 0 aliphatic rings. The van der Waals surface area contributed by atoms with Gasteiger partial charge in [0, 0.05) is 13.2 Å². The van der Waals surface area contributed by atoms with E-state index in [0.717, 1.165) is 13.2 Å². The highest BCUT2D eigenvalue weighted by Crippen LogP contribution is 2.09.